The van der Waals surface area contributed by atoms with E-state index in [1.807, 2.05) is 30.3 Å². The number of benzene rings is 2. The van der Waals surface area contributed by atoms with Gasteiger partial charge >= 0.3 is 0 Å². The van der Waals surface area contributed by atoms with Crippen LogP contribution in [-0.2, 0) is 23.1 Å². The number of carbonyl (C=O) groups is 2. The van der Waals surface area contributed by atoms with Crippen LogP contribution in [0, 0.1) is 0 Å². The van der Waals surface area contributed by atoms with Crippen molar-refractivity contribution in [1.82, 2.24) is 5.32 Å². The van der Waals surface area contributed by atoms with E-state index in [9.17, 15) is 9.59 Å². The summed E-state index contributed by atoms with van der Waals surface area (Å²) >= 11 is 0. The predicted molar refractivity (Wildman–Crippen MR) is 111 cm³/mol. The molecular weight excluding hydrogens is 336 g/mol. The molecule has 27 heavy (non-hydrogen) atoms. The molecule has 2 aromatic carbocycles. The quantitative estimate of drug-likeness (QED) is 0.792. The topological polar surface area (TPSA) is 58.2 Å². The summed E-state index contributed by atoms with van der Waals surface area (Å²) in [5, 5.41) is 5.66. The molecule has 2 N–H and O–H groups in total. The van der Waals surface area contributed by atoms with E-state index in [1.165, 1.54) is 5.56 Å². The molecule has 0 heterocycles. The van der Waals surface area contributed by atoms with Crippen molar-refractivity contribution in [2.45, 2.75) is 52.9 Å². The Kier molecular flexibility index (Phi) is 6.78. The van der Waals surface area contributed by atoms with Crippen LogP contribution in [-0.4, -0.2) is 18.4 Å². The molecule has 0 atom stereocenters. The van der Waals surface area contributed by atoms with Gasteiger partial charge in [-0.3, -0.25) is 9.59 Å². The van der Waals surface area contributed by atoms with E-state index in [0.29, 0.717) is 5.56 Å². The summed E-state index contributed by atoms with van der Waals surface area (Å²) < 4.78 is 0. The minimum Gasteiger partial charge on any atom is -0.343 e. The maximum absolute atomic E-state index is 12.3. The highest BCUT2D eigenvalue weighted by atomic mass is 16.2. The zero-order valence-electron chi connectivity index (χ0n) is 17.0. The fourth-order valence-electron chi connectivity index (χ4n) is 2.97. The molecule has 2 aromatic rings. The fourth-order valence-corrected chi connectivity index (χ4v) is 2.97. The maximum atomic E-state index is 12.3. The maximum Gasteiger partial charge on any atom is 0.251 e. The molecule has 144 valence electrons. The lowest BCUT2D eigenvalue weighted by Gasteiger charge is -2.19. The van der Waals surface area contributed by atoms with Gasteiger partial charge in [0.1, 0.15) is 0 Å². The third-order valence-electron chi connectivity index (χ3n) is 4.69. The van der Waals surface area contributed by atoms with E-state index >= 15 is 0 Å². The molecule has 0 saturated carbocycles. The number of rotatable bonds is 6. The molecule has 0 saturated heterocycles. The predicted octanol–water partition coefficient (Wildman–Crippen LogP) is 4.48. The van der Waals surface area contributed by atoms with Gasteiger partial charge in [-0.1, -0.05) is 65.0 Å². The molecular formula is C23H30N2O2. The zero-order chi connectivity index (χ0) is 20.0. The Morgan fingerprint density at radius 3 is 1.93 bits per heavy atom. The molecule has 2 rings (SSSR count). The van der Waals surface area contributed by atoms with E-state index in [0.717, 1.165) is 29.7 Å². The van der Waals surface area contributed by atoms with Crippen molar-refractivity contribution in [1.29, 1.82) is 0 Å². The highest BCUT2D eigenvalue weighted by Crippen LogP contribution is 2.23. The highest BCUT2D eigenvalue weighted by Gasteiger charge is 2.15. The van der Waals surface area contributed by atoms with E-state index in [-0.39, 0.29) is 23.8 Å². The zero-order valence-corrected chi connectivity index (χ0v) is 17.0. The Hall–Kier alpha value is -2.62. The molecule has 0 radical (unpaired) electrons. The summed E-state index contributed by atoms with van der Waals surface area (Å²) in [6, 6.07) is 13.6. The van der Waals surface area contributed by atoms with Crippen molar-refractivity contribution in [2.24, 2.45) is 0 Å². The molecule has 4 heteroatoms. The highest BCUT2D eigenvalue weighted by molar-refractivity contribution is 5.99. The first-order valence-corrected chi connectivity index (χ1v) is 9.55. The minimum atomic E-state index is -0.245. The number of hydrogen-bond acceptors (Lipinski definition) is 2. The Balaban J connectivity index is 1.99. The number of hydrogen-bond donors (Lipinski definition) is 2. The molecule has 0 bridgehead atoms. The first kappa shape index (κ1) is 20.7. The van der Waals surface area contributed by atoms with Crippen LogP contribution in [0.25, 0.3) is 0 Å². The van der Waals surface area contributed by atoms with E-state index in [2.05, 4.69) is 45.3 Å². The van der Waals surface area contributed by atoms with Crippen LogP contribution < -0.4 is 10.6 Å². The third-order valence-corrected chi connectivity index (χ3v) is 4.69. The largest absolute Gasteiger partial charge is 0.343 e. The van der Waals surface area contributed by atoms with Crippen molar-refractivity contribution in [3.63, 3.8) is 0 Å². The number of carbonyl (C=O) groups excluding carboxylic acids is 2. The number of nitrogens with one attached hydrogen (secondary N) is 2. The van der Waals surface area contributed by atoms with E-state index in [4.69, 9.17) is 0 Å². The van der Waals surface area contributed by atoms with Crippen LogP contribution in [0.2, 0.25) is 0 Å². The normalized spacial score (nSPS) is 11.1. The third kappa shape index (κ3) is 5.43. The molecule has 0 aromatic heterocycles. The van der Waals surface area contributed by atoms with E-state index < -0.39 is 0 Å². The Morgan fingerprint density at radius 2 is 1.44 bits per heavy atom. The molecule has 0 aliphatic heterocycles. The van der Waals surface area contributed by atoms with Gasteiger partial charge in [-0.2, -0.15) is 0 Å². The number of para-hydroxylation sites is 1. The summed E-state index contributed by atoms with van der Waals surface area (Å²) in [7, 11) is 0. The van der Waals surface area contributed by atoms with Crippen LogP contribution in [0.3, 0.4) is 0 Å². The van der Waals surface area contributed by atoms with Gasteiger partial charge in [0.2, 0.25) is 5.91 Å². The Bertz CT molecular complexity index is 780. The smallest absolute Gasteiger partial charge is 0.251 e. The SMILES string of the molecule is CCc1cccc(CC)c1NC(=O)CNC(=O)c1ccc(C(C)(C)C)cc1. The van der Waals surface area contributed by atoms with Crippen molar-refractivity contribution >= 4 is 17.5 Å². The van der Waals surface area contributed by atoms with Crippen LogP contribution >= 0.6 is 0 Å². The Labute approximate surface area is 162 Å². The van der Waals surface area contributed by atoms with Gasteiger partial charge in [0.25, 0.3) is 5.91 Å². The van der Waals surface area contributed by atoms with Crippen molar-refractivity contribution in [3.8, 4) is 0 Å². The standard InChI is InChI=1S/C23H30N2O2/c1-6-16-9-8-10-17(7-2)21(16)25-20(26)15-24-22(27)18-11-13-19(14-12-18)23(3,4)5/h8-14H,6-7,15H2,1-5H3,(H,24,27)(H,25,26). The van der Waals surface area contributed by atoms with Crippen LogP contribution in [0.15, 0.2) is 42.5 Å². The lowest BCUT2D eigenvalue weighted by molar-refractivity contribution is -0.115. The fraction of sp³-hybridized carbons (Fsp3) is 0.391. The second-order valence-electron chi connectivity index (χ2n) is 7.72. The van der Waals surface area contributed by atoms with Crippen LogP contribution in [0.1, 0.15) is 61.7 Å². The molecule has 0 fully saturated rings. The van der Waals surface area contributed by atoms with Crippen molar-refractivity contribution < 1.29 is 9.59 Å². The van der Waals surface area contributed by atoms with Gasteiger partial charge in [0, 0.05) is 11.3 Å². The van der Waals surface area contributed by atoms with Crippen LogP contribution in [0.4, 0.5) is 5.69 Å². The average Bonchev–Trinajstić information content (AvgIpc) is 2.65. The van der Waals surface area contributed by atoms with Crippen LogP contribution in [0.5, 0.6) is 0 Å². The van der Waals surface area contributed by atoms with Gasteiger partial charge in [0.15, 0.2) is 0 Å². The summed E-state index contributed by atoms with van der Waals surface area (Å²) in [5.41, 5.74) is 4.84. The number of aryl methyl sites for hydroxylation is 2. The molecule has 4 nitrogen and oxygen atoms in total. The second-order valence-corrected chi connectivity index (χ2v) is 7.72. The van der Waals surface area contributed by atoms with Crippen molar-refractivity contribution in [3.05, 3.63) is 64.7 Å². The number of anilines is 1. The lowest BCUT2D eigenvalue weighted by atomic mass is 9.87. The molecule has 0 unspecified atom stereocenters. The molecule has 0 aliphatic carbocycles. The minimum absolute atomic E-state index is 0.0402. The monoisotopic (exact) mass is 366 g/mol. The average molecular weight is 367 g/mol. The summed E-state index contributed by atoms with van der Waals surface area (Å²) in [6.45, 7) is 10.5. The Morgan fingerprint density at radius 1 is 0.889 bits per heavy atom. The van der Waals surface area contributed by atoms with Crippen molar-refractivity contribution in [2.75, 3.05) is 11.9 Å². The van der Waals surface area contributed by atoms with Gasteiger partial charge < -0.3 is 10.6 Å². The first-order valence-electron chi connectivity index (χ1n) is 9.55. The van der Waals surface area contributed by atoms with Gasteiger partial charge in [0.05, 0.1) is 6.54 Å². The second kappa shape index (κ2) is 8.85. The van der Waals surface area contributed by atoms with Gasteiger partial charge in [-0.15, -0.1) is 0 Å². The summed E-state index contributed by atoms with van der Waals surface area (Å²) in [6.07, 6.45) is 1.69. The molecule has 2 amide bonds. The molecule has 0 aliphatic rings. The van der Waals surface area contributed by atoms with Gasteiger partial charge in [-0.05, 0) is 47.1 Å². The summed E-state index contributed by atoms with van der Waals surface area (Å²) in [5.74, 6) is -0.463. The lowest BCUT2D eigenvalue weighted by Crippen LogP contribution is -2.33. The number of amides is 2. The summed E-state index contributed by atoms with van der Waals surface area (Å²) in [4.78, 5) is 24.7. The molecule has 0 spiro atoms. The first-order chi connectivity index (χ1) is 12.8. The van der Waals surface area contributed by atoms with Gasteiger partial charge in [-0.25, -0.2) is 0 Å². The van der Waals surface area contributed by atoms with E-state index in [1.54, 1.807) is 12.1 Å².